The summed E-state index contributed by atoms with van der Waals surface area (Å²) in [5.74, 6) is -0.188. The van der Waals surface area contributed by atoms with Gasteiger partial charge in [0, 0.05) is 36.8 Å². The molecule has 204 valence electrons. The molecule has 5 rings (SSSR count). The van der Waals surface area contributed by atoms with Crippen LogP contribution in [0.15, 0.2) is 83.9 Å². The van der Waals surface area contributed by atoms with Gasteiger partial charge in [-0.25, -0.2) is 8.42 Å². The van der Waals surface area contributed by atoms with E-state index in [0.29, 0.717) is 45.8 Å². The summed E-state index contributed by atoms with van der Waals surface area (Å²) in [7, 11) is -3.55. The van der Waals surface area contributed by atoms with Crippen molar-refractivity contribution < 1.29 is 22.7 Å². The number of ether oxygens (including phenoxy) is 2. The zero-order valence-electron chi connectivity index (χ0n) is 22.2. The smallest absolute Gasteiger partial charge is 0.306 e. The molecular formula is C31H34N2O5S. The van der Waals surface area contributed by atoms with Crippen molar-refractivity contribution in [2.75, 3.05) is 32.9 Å². The third-order valence-corrected chi connectivity index (χ3v) is 9.04. The van der Waals surface area contributed by atoms with Crippen LogP contribution in [0, 0.1) is 0 Å². The monoisotopic (exact) mass is 546 g/mol. The van der Waals surface area contributed by atoms with Crippen LogP contribution in [-0.4, -0.2) is 56.2 Å². The van der Waals surface area contributed by atoms with Crippen molar-refractivity contribution in [3.05, 3.63) is 95.7 Å². The topological polar surface area (TPSA) is 77.8 Å². The molecule has 1 aromatic heterocycles. The average Bonchev–Trinajstić information content (AvgIpc) is 3.34. The zero-order valence-corrected chi connectivity index (χ0v) is 23.0. The summed E-state index contributed by atoms with van der Waals surface area (Å²) in [6, 6.07) is 23.8. The van der Waals surface area contributed by atoms with E-state index in [2.05, 4.69) is 53.2 Å². The predicted octanol–water partition coefficient (Wildman–Crippen LogP) is 4.93. The second-order valence-electron chi connectivity index (χ2n) is 9.68. The van der Waals surface area contributed by atoms with Gasteiger partial charge in [0.2, 0.25) is 10.0 Å². The Hall–Kier alpha value is -3.46. The number of morpholine rings is 1. The predicted molar refractivity (Wildman–Crippen MR) is 152 cm³/mol. The van der Waals surface area contributed by atoms with Gasteiger partial charge in [0.25, 0.3) is 0 Å². The van der Waals surface area contributed by atoms with Gasteiger partial charge in [0.05, 0.1) is 30.2 Å². The molecule has 1 aliphatic heterocycles. The number of nitrogens with zero attached hydrogens (tertiary/aromatic N) is 2. The lowest BCUT2D eigenvalue weighted by Gasteiger charge is -2.26. The minimum atomic E-state index is -3.55. The van der Waals surface area contributed by atoms with Crippen LogP contribution in [0.3, 0.4) is 0 Å². The molecule has 0 bridgehead atoms. The van der Waals surface area contributed by atoms with E-state index in [1.165, 1.54) is 15.4 Å². The van der Waals surface area contributed by atoms with Crippen LogP contribution < -0.4 is 0 Å². The first-order valence-electron chi connectivity index (χ1n) is 13.5. The highest BCUT2D eigenvalue weighted by Gasteiger charge is 2.26. The van der Waals surface area contributed by atoms with E-state index < -0.39 is 10.0 Å². The van der Waals surface area contributed by atoms with Gasteiger partial charge in [-0.3, -0.25) is 4.79 Å². The number of sulfonamides is 1. The van der Waals surface area contributed by atoms with Gasteiger partial charge in [0.15, 0.2) is 0 Å². The van der Waals surface area contributed by atoms with Gasteiger partial charge in [-0.15, -0.1) is 0 Å². The number of esters is 1. The molecule has 1 fully saturated rings. The van der Waals surface area contributed by atoms with Crippen LogP contribution in [0.2, 0.25) is 0 Å². The van der Waals surface area contributed by atoms with Crippen LogP contribution in [0.25, 0.3) is 16.6 Å². The first kappa shape index (κ1) is 27.1. The molecule has 0 aliphatic carbocycles. The third kappa shape index (κ3) is 6.24. The molecular weight excluding hydrogens is 512 g/mol. The molecule has 7 nitrogen and oxygen atoms in total. The minimum absolute atomic E-state index is 0.188. The normalized spacial score (nSPS) is 14.5. The Kier molecular flexibility index (Phi) is 8.45. The highest BCUT2D eigenvalue weighted by Crippen LogP contribution is 2.29. The van der Waals surface area contributed by atoms with Crippen molar-refractivity contribution in [3.8, 4) is 5.69 Å². The van der Waals surface area contributed by atoms with Crippen LogP contribution in [-0.2, 0) is 43.6 Å². The molecule has 39 heavy (non-hydrogen) atoms. The van der Waals surface area contributed by atoms with Crippen LogP contribution in [0.4, 0.5) is 0 Å². The lowest BCUT2D eigenvalue weighted by atomic mass is 10.0. The second kappa shape index (κ2) is 12.2. The second-order valence-corrected chi connectivity index (χ2v) is 11.6. The maximum atomic E-state index is 13.1. The fourth-order valence-electron chi connectivity index (χ4n) is 5.03. The zero-order chi connectivity index (χ0) is 27.2. The van der Waals surface area contributed by atoms with E-state index in [9.17, 15) is 13.2 Å². The quantitative estimate of drug-likeness (QED) is 0.264. The Morgan fingerprint density at radius 2 is 1.64 bits per heavy atom. The molecule has 0 saturated carbocycles. The van der Waals surface area contributed by atoms with Crippen molar-refractivity contribution in [2.45, 2.75) is 37.5 Å². The Labute approximate surface area is 230 Å². The van der Waals surface area contributed by atoms with Crippen molar-refractivity contribution in [1.82, 2.24) is 8.87 Å². The molecule has 1 saturated heterocycles. The van der Waals surface area contributed by atoms with E-state index in [1.807, 2.05) is 25.1 Å². The summed E-state index contributed by atoms with van der Waals surface area (Å²) >= 11 is 0. The fourth-order valence-corrected chi connectivity index (χ4v) is 6.44. The van der Waals surface area contributed by atoms with Crippen LogP contribution in [0.1, 0.15) is 30.0 Å². The number of hydrogen-bond acceptors (Lipinski definition) is 5. The SMILES string of the molecule is CCOC(=O)CCc1ccc2c(c1)c(CCc1ccccc1)cn2-c1ccc(S(=O)(=O)N2CCOCC2)cc1. The summed E-state index contributed by atoms with van der Waals surface area (Å²) in [5, 5.41) is 1.14. The van der Waals surface area contributed by atoms with E-state index in [4.69, 9.17) is 9.47 Å². The summed E-state index contributed by atoms with van der Waals surface area (Å²) in [4.78, 5) is 12.2. The molecule has 4 aromatic rings. The van der Waals surface area contributed by atoms with Crippen molar-refractivity contribution in [2.24, 2.45) is 0 Å². The largest absolute Gasteiger partial charge is 0.466 e. The molecule has 0 atom stereocenters. The van der Waals surface area contributed by atoms with Gasteiger partial charge < -0.3 is 14.0 Å². The molecule has 2 heterocycles. The summed E-state index contributed by atoms with van der Waals surface area (Å²) in [6.45, 7) is 3.78. The first-order valence-corrected chi connectivity index (χ1v) is 14.9. The highest BCUT2D eigenvalue weighted by atomic mass is 32.2. The van der Waals surface area contributed by atoms with E-state index >= 15 is 0 Å². The van der Waals surface area contributed by atoms with Crippen molar-refractivity contribution in [3.63, 3.8) is 0 Å². The maximum absolute atomic E-state index is 13.1. The lowest BCUT2D eigenvalue weighted by Crippen LogP contribution is -2.40. The number of carbonyl (C=O) groups is 1. The Bertz CT molecular complexity index is 1520. The number of carbonyl (C=O) groups excluding carboxylic acids is 1. The first-order chi connectivity index (χ1) is 19.0. The van der Waals surface area contributed by atoms with E-state index in [0.717, 1.165) is 35.0 Å². The number of hydrogen-bond donors (Lipinski definition) is 0. The number of fused-ring (bicyclic) bond motifs is 1. The summed E-state index contributed by atoms with van der Waals surface area (Å²) in [5.41, 5.74) is 5.50. The van der Waals surface area contributed by atoms with Gasteiger partial charge in [-0.1, -0.05) is 36.4 Å². The number of benzene rings is 3. The number of aromatic nitrogens is 1. The molecule has 0 amide bonds. The highest BCUT2D eigenvalue weighted by molar-refractivity contribution is 7.89. The Balaban J connectivity index is 1.45. The lowest BCUT2D eigenvalue weighted by molar-refractivity contribution is -0.143. The van der Waals surface area contributed by atoms with Crippen molar-refractivity contribution >= 4 is 26.9 Å². The number of aryl methyl sites for hydroxylation is 3. The molecule has 0 radical (unpaired) electrons. The summed E-state index contributed by atoms with van der Waals surface area (Å²) < 4.78 is 40.2. The van der Waals surface area contributed by atoms with Gasteiger partial charge >= 0.3 is 5.97 Å². The van der Waals surface area contributed by atoms with E-state index in [-0.39, 0.29) is 10.9 Å². The average molecular weight is 547 g/mol. The molecule has 0 unspecified atom stereocenters. The van der Waals surface area contributed by atoms with Gasteiger partial charge in [0.1, 0.15) is 0 Å². The molecule has 3 aromatic carbocycles. The van der Waals surface area contributed by atoms with E-state index in [1.54, 1.807) is 12.1 Å². The van der Waals surface area contributed by atoms with Gasteiger partial charge in [-0.2, -0.15) is 4.31 Å². The molecule has 1 aliphatic rings. The number of rotatable bonds is 10. The molecule has 0 N–H and O–H groups in total. The Morgan fingerprint density at radius 1 is 0.897 bits per heavy atom. The molecule has 0 spiro atoms. The van der Waals surface area contributed by atoms with Gasteiger partial charge in [-0.05, 0) is 79.3 Å². The van der Waals surface area contributed by atoms with Crippen LogP contribution in [0.5, 0.6) is 0 Å². The maximum Gasteiger partial charge on any atom is 0.306 e. The van der Waals surface area contributed by atoms with Crippen LogP contribution >= 0.6 is 0 Å². The standard InChI is InChI=1S/C31H34N2O5S/c1-2-38-31(34)17-10-25-9-16-30-29(22-25)26(11-8-24-6-4-3-5-7-24)23-33(30)27-12-14-28(15-13-27)39(35,36)32-18-20-37-21-19-32/h3-7,9,12-16,22-23H,2,8,10-11,17-21H2,1H3. The molecule has 8 heteroatoms. The third-order valence-electron chi connectivity index (χ3n) is 7.12. The minimum Gasteiger partial charge on any atom is -0.466 e. The Morgan fingerprint density at radius 3 is 2.36 bits per heavy atom. The fraction of sp³-hybridized carbons (Fsp3) is 0.323. The summed E-state index contributed by atoms with van der Waals surface area (Å²) in [6.07, 6.45) is 4.88. The van der Waals surface area contributed by atoms with Crippen molar-refractivity contribution in [1.29, 1.82) is 0 Å².